The Morgan fingerprint density at radius 3 is 2.30 bits per heavy atom. The number of halogens is 3. The molecule has 40 heavy (non-hydrogen) atoms. The van der Waals surface area contributed by atoms with Crippen LogP contribution in [0.25, 0.3) is 0 Å². The predicted molar refractivity (Wildman–Crippen MR) is 148 cm³/mol. The third-order valence-corrected chi connectivity index (χ3v) is 13.4. The van der Waals surface area contributed by atoms with Gasteiger partial charge in [-0.1, -0.05) is 52.8 Å². The SMILES string of the molecule is C=C(C)[C@@H]1CC[C@]2(C(=O)NCC(F)(F)F)CC[C@]3(C)[C@H](CC[C@@H]4[C@@]5(C)C=C(C#N)C(=O)C(C)(C)[C@@H]5CC[C@]43C)[C@@H]12. The first-order valence-electron chi connectivity index (χ1n) is 15.1. The lowest BCUT2D eigenvalue weighted by atomic mass is 9.32. The summed E-state index contributed by atoms with van der Waals surface area (Å²) in [6.45, 7) is 16.1. The van der Waals surface area contributed by atoms with E-state index in [1.165, 1.54) is 0 Å². The summed E-state index contributed by atoms with van der Waals surface area (Å²) in [6.07, 6.45) is 4.01. The van der Waals surface area contributed by atoms with Gasteiger partial charge in [0.25, 0.3) is 0 Å². The third kappa shape index (κ3) is 3.76. The predicted octanol–water partition coefficient (Wildman–Crippen LogP) is 7.56. The van der Waals surface area contributed by atoms with E-state index in [1.807, 2.05) is 26.8 Å². The summed E-state index contributed by atoms with van der Waals surface area (Å²) in [5.41, 5.74) is -0.609. The molecule has 0 radical (unpaired) electrons. The van der Waals surface area contributed by atoms with Crippen LogP contribution in [0, 0.1) is 68.0 Å². The molecule has 0 aromatic carbocycles. The zero-order valence-electron chi connectivity index (χ0n) is 24.9. The molecule has 7 heteroatoms. The zero-order valence-corrected chi connectivity index (χ0v) is 24.9. The average molecular weight is 559 g/mol. The molecule has 5 rings (SSSR count). The maximum Gasteiger partial charge on any atom is 0.405 e. The highest BCUT2D eigenvalue weighted by Gasteiger charge is 2.72. The van der Waals surface area contributed by atoms with Gasteiger partial charge in [-0.3, -0.25) is 9.59 Å². The van der Waals surface area contributed by atoms with Crippen molar-refractivity contribution in [2.75, 3.05) is 6.54 Å². The number of alkyl halides is 3. The summed E-state index contributed by atoms with van der Waals surface area (Å²) in [4.78, 5) is 26.9. The number of hydrogen-bond donors (Lipinski definition) is 1. The summed E-state index contributed by atoms with van der Waals surface area (Å²) in [7, 11) is 0. The van der Waals surface area contributed by atoms with Crippen molar-refractivity contribution in [2.24, 2.45) is 56.7 Å². The topological polar surface area (TPSA) is 70.0 Å². The van der Waals surface area contributed by atoms with Crippen molar-refractivity contribution in [1.29, 1.82) is 5.26 Å². The van der Waals surface area contributed by atoms with E-state index in [0.29, 0.717) is 12.8 Å². The van der Waals surface area contributed by atoms with E-state index in [0.717, 1.165) is 44.1 Å². The number of ketones is 1. The molecule has 4 saturated carbocycles. The molecule has 0 spiro atoms. The Bertz CT molecular complexity index is 1210. The highest BCUT2D eigenvalue weighted by atomic mass is 19.4. The molecule has 0 aliphatic heterocycles. The van der Waals surface area contributed by atoms with Crippen LogP contribution >= 0.6 is 0 Å². The normalized spacial score (nSPS) is 45.6. The van der Waals surface area contributed by atoms with Crippen LogP contribution in [0.2, 0.25) is 0 Å². The first-order valence-corrected chi connectivity index (χ1v) is 15.1. The summed E-state index contributed by atoms with van der Waals surface area (Å²) < 4.78 is 39.4. The van der Waals surface area contributed by atoms with Crippen molar-refractivity contribution in [3.05, 3.63) is 23.8 Å². The number of Topliss-reactive ketones (excluding diaryl/α,β-unsaturated/α-hetero) is 1. The molecule has 220 valence electrons. The number of fused-ring (bicyclic) bond motifs is 7. The van der Waals surface area contributed by atoms with E-state index in [9.17, 15) is 28.0 Å². The number of nitriles is 1. The van der Waals surface area contributed by atoms with Crippen LogP contribution in [-0.2, 0) is 9.59 Å². The fraction of sp³-hybridized carbons (Fsp3) is 0.788. The van der Waals surface area contributed by atoms with Gasteiger partial charge in [0.1, 0.15) is 12.6 Å². The van der Waals surface area contributed by atoms with Crippen LogP contribution in [-0.4, -0.2) is 24.4 Å². The number of nitrogens with zero attached hydrogens (tertiary/aromatic N) is 1. The Morgan fingerprint density at radius 2 is 1.70 bits per heavy atom. The minimum Gasteiger partial charge on any atom is -0.346 e. The highest BCUT2D eigenvalue weighted by molar-refractivity contribution is 6.04. The van der Waals surface area contributed by atoms with Gasteiger partial charge < -0.3 is 5.32 Å². The molecule has 1 amide bonds. The molecule has 4 nitrogen and oxygen atoms in total. The fourth-order valence-electron chi connectivity index (χ4n) is 11.5. The van der Waals surface area contributed by atoms with Gasteiger partial charge >= 0.3 is 6.18 Å². The quantitative estimate of drug-likeness (QED) is 0.364. The number of rotatable bonds is 3. The Kier molecular flexibility index (Phi) is 6.58. The van der Waals surface area contributed by atoms with Gasteiger partial charge in [-0.25, -0.2) is 0 Å². The molecule has 4 fully saturated rings. The highest BCUT2D eigenvalue weighted by Crippen LogP contribution is 2.77. The molecule has 1 N–H and O–H groups in total. The van der Waals surface area contributed by atoms with Gasteiger partial charge in [0.15, 0.2) is 5.78 Å². The third-order valence-electron chi connectivity index (χ3n) is 13.4. The molecule has 0 aromatic heterocycles. The van der Waals surface area contributed by atoms with Crippen molar-refractivity contribution in [3.63, 3.8) is 0 Å². The van der Waals surface area contributed by atoms with Crippen molar-refractivity contribution in [3.8, 4) is 6.07 Å². The Morgan fingerprint density at radius 1 is 1.02 bits per heavy atom. The number of carbonyl (C=O) groups is 2. The molecule has 5 aliphatic rings. The van der Waals surface area contributed by atoms with Crippen LogP contribution in [0.5, 0.6) is 0 Å². The first kappa shape index (κ1) is 29.4. The second kappa shape index (κ2) is 8.95. The Hall–Kier alpha value is -2.10. The van der Waals surface area contributed by atoms with Crippen molar-refractivity contribution < 1.29 is 22.8 Å². The monoisotopic (exact) mass is 558 g/mol. The number of nitrogens with one attached hydrogen (secondary N) is 1. The minimum absolute atomic E-state index is 0.0325. The summed E-state index contributed by atoms with van der Waals surface area (Å²) in [6, 6.07) is 2.21. The van der Waals surface area contributed by atoms with E-state index in [-0.39, 0.29) is 57.2 Å². The second-order valence-corrected chi connectivity index (χ2v) is 15.2. The fourth-order valence-corrected chi connectivity index (χ4v) is 11.5. The van der Waals surface area contributed by atoms with E-state index in [4.69, 9.17) is 0 Å². The molecule has 5 aliphatic carbocycles. The molecule has 0 unspecified atom stereocenters. The molecular weight excluding hydrogens is 513 g/mol. The molecule has 0 heterocycles. The average Bonchev–Trinajstić information content (AvgIpc) is 3.26. The van der Waals surface area contributed by atoms with Gasteiger partial charge in [-0.05, 0) is 104 Å². The lowest BCUT2D eigenvalue weighted by Gasteiger charge is -2.71. The molecular formula is C33H45F3N2O2. The molecule has 0 bridgehead atoms. The number of allylic oxidation sites excluding steroid dienone is 3. The largest absolute Gasteiger partial charge is 0.405 e. The maximum atomic E-state index is 13.7. The van der Waals surface area contributed by atoms with E-state index < -0.39 is 29.5 Å². The lowest BCUT2D eigenvalue weighted by molar-refractivity contribution is -0.218. The van der Waals surface area contributed by atoms with Crippen LogP contribution in [0.1, 0.15) is 92.9 Å². The van der Waals surface area contributed by atoms with Crippen molar-refractivity contribution in [1.82, 2.24) is 5.32 Å². The number of amides is 1. The summed E-state index contributed by atoms with van der Waals surface area (Å²) in [5, 5.41) is 12.2. The van der Waals surface area contributed by atoms with Gasteiger partial charge in [0.2, 0.25) is 5.91 Å². The molecule has 0 saturated heterocycles. The Balaban J connectivity index is 1.56. The van der Waals surface area contributed by atoms with Gasteiger partial charge in [-0.15, -0.1) is 0 Å². The van der Waals surface area contributed by atoms with Crippen LogP contribution < -0.4 is 5.32 Å². The van der Waals surface area contributed by atoms with Gasteiger partial charge in [0.05, 0.1) is 11.0 Å². The summed E-state index contributed by atoms with van der Waals surface area (Å²) >= 11 is 0. The van der Waals surface area contributed by atoms with Crippen LogP contribution in [0.3, 0.4) is 0 Å². The van der Waals surface area contributed by atoms with Gasteiger partial charge in [-0.2, -0.15) is 18.4 Å². The Labute approximate surface area is 237 Å². The number of hydrogen-bond acceptors (Lipinski definition) is 3. The standard InChI is InChI=1S/C33H45F3N2O2/c1-19(2)21-10-13-32(27(40)38-18-33(34,35)36)15-14-30(6)22(25(21)32)8-9-24-29(5)16-20(17-37)26(39)28(3,4)23(29)11-12-31(24,30)7/h16,21-25H,1,8-15,18H2,2-7H3,(H,38,40)/t21-,22+,23-,24+,25+,29-,30+,31+,32-/m0/s1. The maximum absolute atomic E-state index is 13.7. The lowest BCUT2D eigenvalue weighted by Crippen LogP contribution is -2.66. The van der Waals surface area contributed by atoms with Crippen molar-refractivity contribution in [2.45, 2.75) is 99.1 Å². The first-order chi connectivity index (χ1) is 18.4. The zero-order chi connectivity index (χ0) is 29.7. The smallest absolute Gasteiger partial charge is 0.346 e. The second-order valence-electron chi connectivity index (χ2n) is 15.2. The van der Waals surface area contributed by atoms with E-state index in [2.05, 4.69) is 38.7 Å². The minimum atomic E-state index is -4.44. The van der Waals surface area contributed by atoms with Gasteiger partial charge in [0, 0.05) is 5.41 Å². The number of carbonyl (C=O) groups excluding carboxylic acids is 2. The summed E-state index contributed by atoms with van der Waals surface area (Å²) in [5.74, 6) is 0.210. The van der Waals surface area contributed by atoms with E-state index in [1.54, 1.807) is 0 Å². The van der Waals surface area contributed by atoms with Crippen LogP contribution in [0.15, 0.2) is 23.8 Å². The molecule has 0 aromatic rings. The van der Waals surface area contributed by atoms with Crippen LogP contribution in [0.4, 0.5) is 13.2 Å². The molecule has 9 atom stereocenters. The van der Waals surface area contributed by atoms with Crippen molar-refractivity contribution >= 4 is 11.7 Å². The van der Waals surface area contributed by atoms with E-state index >= 15 is 0 Å².